The van der Waals surface area contributed by atoms with Gasteiger partial charge in [0, 0.05) is 25.6 Å². The number of hydrogen-bond donors (Lipinski definition) is 1. The summed E-state index contributed by atoms with van der Waals surface area (Å²) in [6.45, 7) is 9.70. The summed E-state index contributed by atoms with van der Waals surface area (Å²) in [6.07, 6.45) is 0. The molecule has 0 saturated heterocycles. The Morgan fingerprint density at radius 2 is 1.74 bits per heavy atom. The van der Waals surface area contributed by atoms with Gasteiger partial charge in [0.1, 0.15) is 10.8 Å². The average Bonchev–Trinajstić information content (AvgIpc) is 3.42. The Hall–Kier alpha value is -3.82. The molecule has 3 aromatic rings. The molecule has 1 unspecified atom stereocenters. The number of aliphatic hydroxyl groups is 1. The summed E-state index contributed by atoms with van der Waals surface area (Å²) in [6, 6.07) is 15.4. The van der Waals surface area contributed by atoms with Crippen LogP contribution in [0.4, 0.5) is 0 Å². The highest BCUT2D eigenvalue weighted by atomic mass is 32.1. The molecular weight excluding hydrogens is 502 g/mol. The van der Waals surface area contributed by atoms with Crippen LogP contribution >= 0.6 is 11.3 Å². The standard InChI is InChI=1S/C29H31N3O5S/c1-5-31(6-2)16-17-32-24(20-12-14-22(15-13-20)37-19(4)33)23(26(35)29(32)36)25(34)27-18(3)30-28(38-27)21-10-8-7-9-11-21/h7-15,24,35H,5-6,16-17H2,1-4H3. The molecule has 198 valence electrons. The largest absolute Gasteiger partial charge is 0.503 e. The third kappa shape index (κ3) is 5.54. The normalized spacial score (nSPS) is 15.4. The van der Waals surface area contributed by atoms with Crippen LogP contribution in [0, 0.1) is 6.92 Å². The average molecular weight is 534 g/mol. The van der Waals surface area contributed by atoms with E-state index in [4.69, 9.17) is 4.74 Å². The van der Waals surface area contributed by atoms with Gasteiger partial charge in [-0.15, -0.1) is 11.3 Å². The number of aliphatic hydroxyl groups excluding tert-OH is 1. The van der Waals surface area contributed by atoms with E-state index in [2.05, 4.69) is 9.88 Å². The number of ether oxygens (including phenoxy) is 1. The molecule has 1 aliphatic rings. The van der Waals surface area contributed by atoms with Crippen LogP contribution in [0.5, 0.6) is 5.75 Å². The predicted molar refractivity (Wildman–Crippen MR) is 146 cm³/mol. The number of aromatic nitrogens is 1. The van der Waals surface area contributed by atoms with Gasteiger partial charge in [-0.2, -0.15) is 0 Å². The van der Waals surface area contributed by atoms with Crippen molar-refractivity contribution >= 4 is 29.0 Å². The van der Waals surface area contributed by atoms with Crippen molar-refractivity contribution in [1.29, 1.82) is 0 Å². The number of ketones is 1. The molecule has 1 atom stereocenters. The number of thiazole rings is 1. The first kappa shape index (κ1) is 27.2. The summed E-state index contributed by atoms with van der Waals surface area (Å²) in [5, 5.41) is 11.7. The maximum Gasteiger partial charge on any atom is 0.308 e. The Balaban J connectivity index is 1.74. The fourth-order valence-electron chi connectivity index (χ4n) is 4.57. The van der Waals surface area contributed by atoms with Crippen LogP contribution in [0.1, 0.15) is 47.7 Å². The molecule has 4 rings (SSSR count). The Morgan fingerprint density at radius 1 is 1.08 bits per heavy atom. The predicted octanol–water partition coefficient (Wildman–Crippen LogP) is 4.96. The minimum atomic E-state index is -0.793. The van der Waals surface area contributed by atoms with E-state index in [0.29, 0.717) is 40.0 Å². The van der Waals surface area contributed by atoms with Crippen LogP contribution in [0.2, 0.25) is 0 Å². The van der Waals surface area contributed by atoms with Crippen LogP contribution in [-0.2, 0) is 9.59 Å². The van der Waals surface area contributed by atoms with Crippen molar-refractivity contribution < 1.29 is 24.2 Å². The lowest BCUT2D eigenvalue weighted by atomic mass is 9.95. The van der Waals surface area contributed by atoms with Crippen LogP contribution in [-0.4, -0.2) is 63.7 Å². The molecular formula is C29H31N3O5S. The zero-order chi connectivity index (χ0) is 27.4. The third-order valence-electron chi connectivity index (χ3n) is 6.58. The van der Waals surface area contributed by atoms with Gasteiger partial charge >= 0.3 is 5.97 Å². The summed E-state index contributed by atoms with van der Waals surface area (Å²) in [5.74, 6) is -1.64. The van der Waals surface area contributed by atoms with Gasteiger partial charge in [-0.25, -0.2) is 4.98 Å². The maximum atomic E-state index is 14.0. The zero-order valence-electron chi connectivity index (χ0n) is 21.9. The van der Waals surface area contributed by atoms with Gasteiger partial charge in [-0.05, 0) is 37.7 Å². The summed E-state index contributed by atoms with van der Waals surface area (Å²) < 4.78 is 5.15. The van der Waals surface area contributed by atoms with Crippen molar-refractivity contribution in [3.8, 4) is 16.3 Å². The van der Waals surface area contributed by atoms with Crippen LogP contribution in [0.25, 0.3) is 10.6 Å². The van der Waals surface area contributed by atoms with Crippen molar-refractivity contribution in [3.63, 3.8) is 0 Å². The number of Topliss-reactive ketones (excluding diaryl/α,β-unsaturated/α-hetero) is 1. The number of rotatable bonds is 10. The maximum absolute atomic E-state index is 14.0. The quantitative estimate of drug-likeness (QED) is 0.223. The smallest absolute Gasteiger partial charge is 0.308 e. The van der Waals surface area contributed by atoms with Crippen molar-refractivity contribution in [2.75, 3.05) is 26.2 Å². The number of amides is 1. The molecule has 0 bridgehead atoms. The number of esters is 1. The molecule has 1 aliphatic heterocycles. The molecule has 8 nitrogen and oxygen atoms in total. The van der Waals surface area contributed by atoms with Gasteiger partial charge in [-0.1, -0.05) is 56.3 Å². The van der Waals surface area contributed by atoms with E-state index in [0.717, 1.165) is 18.7 Å². The highest BCUT2D eigenvalue weighted by Crippen LogP contribution is 2.41. The van der Waals surface area contributed by atoms with Gasteiger partial charge in [0.05, 0.1) is 22.2 Å². The second-order valence-electron chi connectivity index (χ2n) is 8.98. The third-order valence-corrected chi connectivity index (χ3v) is 7.79. The zero-order valence-corrected chi connectivity index (χ0v) is 22.7. The number of carbonyl (C=O) groups excluding carboxylic acids is 3. The van der Waals surface area contributed by atoms with Gasteiger partial charge in [0.2, 0.25) is 5.78 Å². The number of hydrogen-bond acceptors (Lipinski definition) is 8. The molecule has 1 aromatic heterocycles. The number of carbonyl (C=O) groups is 3. The van der Waals surface area contributed by atoms with E-state index in [1.807, 2.05) is 44.2 Å². The molecule has 2 heterocycles. The van der Waals surface area contributed by atoms with Gasteiger partial charge in [-0.3, -0.25) is 14.4 Å². The number of aryl methyl sites for hydroxylation is 1. The molecule has 1 amide bonds. The number of likely N-dealkylation sites (N-methyl/N-ethyl adjacent to an activating group) is 1. The molecule has 38 heavy (non-hydrogen) atoms. The Kier molecular flexibility index (Phi) is 8.38. The molecule has 1 N–H and O–H groups in total. The Morgan fingerprint density at radius 3 is 2.34 bits per heavy atom. The van der Waals surface area contributed by atoms with Crippen molar-refractivity contribution in [3.05, 3.63) is 82.1 Å². The van der Waals surface area contributed by atoms with Crippen LogP contribution in [0.3, 0.4) is 0 Å². The van der Waals surface area contributed by atoms with Crippen LogP contribution < -0.4 is 4.74 Å². The van der Waals surface area contributed by atoms with Crippen molar-refractivity contribution in [2.45, 2.75) is 33.7 Å². The minimum Gasteiger partial charge on any atom is -0.503 e. The van der Waals surface area contributed by atoms with Gasteiger partial charge in [0.15, 0.2) is 5.76 Å². The molecule has 9 heteroatoms. The molecule has 0 radical (unpaired) electrons. The summed E-state index contributed by atoms with van der Waals surface area (Å²) in [7, 11) is 0. The van der Waals surface area contributed by atoms with E-state index in [9.17, 15) is 19.5 Å². The molecule has 2 aromatic carbocycles. The molecule has 0 saturated carbocycles. The first-order valence-electron chi connectivity index (χ1n) is 12.6. The van der Waals surface area contributed by atoms with Crippen molar-refractivity contribution in [1.82, 2.24) is 14.8 Å². The van der Waals surface area contributed by atoms with Crippen LogP contribution in [0.15, 0.2) is 65.9 Å². The summed E-state index contributed by atoms with van der Waals surface area (Å²) in [5.41, 5.74) is 2.09. The highest BCUT2D eigenvalue weighted by molar-refractivity contribution is 7.17. The van der Waals surface area contributed by atoms with E-state index >= 15 is 0 Å². The fourth-order valence-corrected chi connectivity index (χ4v) is 5.60. The summed E-state index contributed by atoms with van der Waals surface area (Å²) in [4.78, 5) is 47.3. The fraction of sp³-hybridized carbons (Fsp3) is 0.310. The number of benzene rings is 2. The lowest BCUT2D eigenvalue weighted by molar-refractivity contribution is -0.132. The van der Waals surface area contributed by atoms with Gasteiger partial charge in [0.25, 0.3) is 5.91 Å². The second-order valence-corrected chi connectivity index (χ2v) is 9.98. The van der Waals surface area contributed by atoms with E-state index < -0.39 is 29.5 Å². The van der Waals surface area contributed by atoms with E-state index in [1.54, 1.807) is 31.2 Å². The first-order chi connectivity index (χ1) is 18.2. The first-order valence-corrected chi connectivity index (χ1v) is 13.4. The monoisotopic (exact) mass is 533 g/mol. The lowest BCUT2D eigenvalue weighted by Crippen LogP contribution is -2.38. The second kappa shape index (κ2) is 11.7. The summed E-state index contributed by atoms with van der Waals surface area (Å²) >= 11 is 1.24. The lowest BCUT2D eigenvalue weighted by Gasteiger charge is -2.29. The molecule has 0 aliphatic carbocycles. The SMILES string of the molecule is CCN(CC)CCN1C(=O)C(O)=C(C(=O)c2sc(-c3ccccc3)nc2C)C1c1ccc(OC(C)=O)cc1. The molecule has 0 spiro atoms. The minimum absolute atomic E-state index is 0.0288. The topological polar surface area (TPSA) is 100 Å². The highest BCUT2D eigenvalue weighted by Gasteiger charge is 2.44. The molecule has 0 fully saturated rings. The van der Waals surface area contributed by atoms with E-state index in [1.165, 1.54) is 23.2 Å². The Bertz CT molecular complexity index is 1360. The van der Waals surface area contributed by atoms with Crippen molar-refractivity contribution in [2.24, 2.45) is 0 Å². The number of nitrogens with zero attached hydrogens (tertiary/aromatic N) is 3. The van der Waals surface area contributed by atoms with Gasteiger partial charge < -0.3 is 19.6 Å². The Labute approximate surface area is 226 Å². The van der Waals surface area contributed by atoms with E-state index in [-0.39, 0.29) is 5.57 Å².